The Bertz CT molecular complexity index is 857. The van der Waals surface area contributed by atoms with E-state index >= 15 is 0 Å². The first kappa shape index (κ1) is 16.0. The van der Waals surface area contributed by atoms with E-state index in [0.717, 1.165) is 29.6 Å². The van der Waals surface area contributed by atoms with Crippen LogP contribution in [0.5, 0.6) is 5.75 Å². The lowest BCUT2D eigenvalue weighted by Gasteiger charge is -2.10. The summed E-state index contributed by atoms with van der Waals surface area (Å²) in [5, 5.41) is 8.43. The normalized spacial score (nSPS) is 10.8. The van der Waals surface area contributed by atoms with Crippen molar-refractivity contribution in [2.45, 2.75) is 19.9 Å². The lowest BCUT2D eigenvalue weighted by Crippen LogP contribution is -2.26. The molecule has 1 amide bonds. The molecule has 0 unspecified atom stereocenters. The lowest BCUT2D eigenvalue weighted by molar-refractivity contribution is 0.0949. The topological polar surface area (TPSA) is 69.0 Å². The first-order chi connectivity index (χ1) is 11.7. The Hall–Kier alpha value is -2.89. The molecular formula is C18H20N4O2. The second kappa shape index (κ2) is 7.12. The van der Waals surface area contributed by atoms with Crippen molar-refractivity contribution < 1.29 is 9.53 Å². The number of hydrogen-bond donors (Lipinski definition) is 1. The number of methoxy groups -OCH3 is 1. The summed E-state index contributed by atoms with van der Waals surface area (Å²) in [6.07, 6.45) is 4.22. The number of ether oxygens (including phenoxy) is 1. The molecule has 0 fully saturated rings. The molecular weight excluding hydrogens is 304 g/mol. The molecule has 2 heterocycles. The average Bonchev–Trinajstić information content (AvgIpc) is 3.01. The summed E-state index contributed by atoms with van der Waals surface area (Å²) in [5.74, 6) is 0.332. The van der Waals surface area contributed by atoms with Gasteiger partial charge in [0.2, 0.25) is 0 Å². The minimum atomic E-state index is -0.150. The molecule has 0 saturated heterocycles. The van der Waals surface area contributed by atoms with Gasteiger partial charge in [-0.05, 0) is 25.5 Å². The zero-order valence-electron chi connectivity index (χ0n) is 13.8. The van der Waals surface area contributed by atoms with Crippen LogP contribution in [0.15, 0.2) is 42.7 Å². The van der Waals surface area contributed by atoms with Crippen LogP contribution in [-0.2, 0) is 6.54 Å². The number of carbonyl (C=O) groups excluding carboxylic acids is 1. The summed E-state index contributed by atoms with van der Waals surface area (Å²) in [6.45, 7) is 3.16. The number of hydrogen-bond acceptors (Lipinski definition) is 4. The highest BCUT2D eigenvalue weighted by Crippen LogP contribution is 2.17. The van der Waals surface area contributed by atoms with Crippen LogP contribution in [0.1, 0.15) is 22.5 Å². The maximum atomic E-state index is 12.3. The van der Waals surface area contributed by atoms with E-state index in [1.54, 1.807) is 12.3 Å². The molecule has 3 aromatic rings. The standard InChI is InChI=1S/C18H20N4O2/c1-13-10-15(17(24-2)12-20-13)18(23)19-8-5-9-22-16-7-4-3-6-14(16)11-21-22/h3-4,6-7,10-12H,5,8-9H2,1-2H3,(H,19,23). The van der Waals surface area contributed by atoms with Crippen LogP contribution in [0.2, 0.25) is 0 Å². The quantitative estimate of drug-likeness (QED) is 0.708. The van der Waals surface area contributed by atoms with Crippen molar-refractivity contribution in [3.8, 4) is 5.75 Å². The molecule has 0 aliphatic carbocycles. The highest BCUT2D eigenvalue weighted by Gasteiger charge is 2.12. The molecule has 24 heavy (non-hydrogen) atoms. The SMILES string of the molecule is COc1cnc(C)cc1C(=O)NCCCn1ncc2ccccc21. The maximum absolute atomic E-state index is 12.3. The van der Waals surface area contributed by atoms with Gasteiger partial charge in [0.25, 0.3) is 5.91 Å². The van der Waals surface area contributed by atoms with Gasteiger partial charge in [-0.1, -0.05) is 18.2 Å². The van der Waals surface area contributed by atoms with Crippen LogP contribution in [0.25, 0.3) is 10.9 Å². The molecule has 0 spiro atoms. The summed E-state index contributed by atoms with van der Waals surface area (Å²) >= 11 is 0. The van der Waals surface area contributed by atoms with Crippen LogP contribution < -0.4 is 10.1 Å². The minimum Gasteiger partial charge on any atom is -0.494 e. The number of pyridine rings is 1. The monoisotopic (exact) mass is 324 g/mol. The highest BCUT2D eigenvalue weighted by atomic mass is 16.5. The largest absolute Gasteiger partial charge is 0.494 e. The Morgan fingerprint density at radius 2 is 2.12 bits per heavy atom. The van der Waals surface area contributed by atoms with Gasteiger partial charge in [0.05, 0.1) is 30.6 Å². The molecule has 0 radical (unpaired) electrons. The number of fused-ring (bicyclic) bond motifs is 1. The van der Waals surface area contributed by atoms with Gasteiger partial charge in [0, 0.05) is 24.2 Å². The van der Waals surface area contributed by atoms with E-state index in [0.29, 0.717) is 17.9 Å². The van der Waals surface area contributed by atoms with Crippen molar-refractivity contribution in [3.05, 3.63) is 54.0 Å². The van der Waals surface area contributed by atoms with Crippen LogP contribution >= 0.6 is 0 Å². The van der Waals surface area contributed by atoms with Crippen molar-refractivity contribution >= 4 is 16.8 Å². The fraction of sp³-hybridized carbons (Fsp3) is 0.278. The van der Waals surface area contributed by atoms with E-state index < -0.39 is 0 Å². The molecule has 124 valence electrons. The number of nitrogens with one attached hydrogen (secondary N) is 1. The molecule has 6 nitrogen and oxygen atoms in total. The first-order valence-corrected chi connectivity index (χ1v) is 7.88. The number of benzene rings is 1. The van der Waals surface area contributed by atoms with Gasteiger partial charge in [-0.15, -0.1) is 0 Å². The number of aromatic nitrogens is 3. The number of nitrogens with zero attached hydrogens (tertiary/aromatic N) is 3. The number of amides is 1. The number of para-hydroxylation sites is 1. The Morgan fingerprint density at radius 3 is 2.96 bits per heavy atom. The first-order valence-electron chi connectivity index (χ1n) is 7.88. The Kier molecular flexibility index (Phi) is 4.74. The molecule has 0 saturated carbocycles. The van der Waals surface area contributed by atoms with Crippen molar-refractivity contribution in [1.82, 2.24) is 20.1 Å². The molecule has 0 aliphatic rings. The second-order valence-corrected chi connectivity index (χ2v) is 5.56. The predicted molar refractivity (Wildman–Crippen MR) is 92.2 cm³/mol. The summed E-state index contributed by atoms with van der Waals surface area (Å²) in [5.41, 5.74) is 2.40. The van der Waals surface area contributed by atoms with Crippen molar-refractivity contribution in [2.75, 3.05) is 13.7 Å². The molecule has 0 bridgehead atoms. The van der Waals surface area contributed by atoms with Crippen molar-refractivity contribution in [3.63, 3.8) is 0 Å². The fourth-order valence-electron chi connectivity index (χ4n) is 2.62. The third-order valence-electron chi connectivity index (χ3n) is 3.85. The van der Waals surface area contributed by atoms with Gasteiger partial charge in [-0.2, -0.15) is 5.10 Å². The van der Waals surface area contributed by atoms with Crippen LogP contribution in [-0.4, -0.2) is 34.3 Å². The summed E-state index contributed by atoms with van der Waals surface area (Å²) in [6, 6.07) is 9.82. The lowest BCUT2D eigenvalue weighted by atomic mass is 10.2. The van der Waals surface area contributed by atoms with E-state index in [9.17, 15) is 4.79 Å². The highest BCUT2D eigenvalue weighted by molar-refractivity contribution is 5.96. The third-order valence-corrected chi connectivity index (χ3v) is 3.85. The van der Waals surface area contributed by atoms with Gasteiger partial charge in [0.15, 0.2) is 0 Å². The van der Waals surface area contributed by atoms with Crippen molar-refractivity contribution in [1.29, 1.82) is 0 Å². The molecule has 6 heteroatoms. The zero-order valence-corrected chi connectivity index (χ0v) is 13.8. The summed E-state index contributed by atoms with van der Waals surface area (Å²) in [4.78, 5) is 16.4. The molecule has 1 N–H and O–H groups in total. The van der Waals surface area contributed by atoms with Gasteiger partial charge < -0.3 is 10.1 Å². The van der Waals surface area contributed by atoms with Gasteiger partial charge >= 0.3 is 0 Å². The number of aryl methyl sites for hydroxylation is 2. The van der Waals surface area contributed by atoms with Crippen molar-refractivity contribution in [2.24, 2.45) is 0 Å². The maximum Gasteiger partial charge on any atom is 0.255 e. The Balaban J connectivity index is 1.57. The molecule has 2 aromatic heterocycles. The zero-order chi connectivity index (χ0) is 16.9. The minimum absolute atomic E-state index is 0.150. The van der Waals surface area contributed by atoms with Gasteiger partial charge in [0.1, 0.15) is 5.75 Å². The van der Waals surface area contributed by atoms with Gasteiger partial charge in [-0.25, -0.2) is 0 Å². The number of carbonyl (C=O) groups is 1. The average molecular weight is 324 g/mol. The van der Waals surface area contributed by atoms with E-state index in [-0.39, 0.29) is 5.91 Å². The van der Waals surface area contributed by atoms with E-state index in [2.05, 4.69) is 15.4 Å². The third kappa shape index (κ3) is 3.37. The molecule has 0 aliphatic heterocycles. The van der Waals surface area contributed by atoms with E-state index in [4.69, 9.17) is 4.74 Å². The Morgan fingerprint density at radius 1 is 1.29 bits per heavy atom. The number of rotatable bonds is 6. The Labute approximate surface area is 140 Å². The second-order valence-electron chi connectivity index (χ2n) is 5.56. The fourth-order valence-corrected chi connectivity index (χ4v) is 2.62. The van der Waals surface area contributed by atoms with Gasteiger partial charge in [-0.3, -0.25) is 14.5 Å². The predicted octanol–water partition coefficient (Wildman–Crippen LogP) is 2.57. The summed E-state index contributed by atoms with van der Waals surface area (Å²) < 4.78 is 7.15. The molecule has 0 atom stereocenters. The van der Waals surface area contributed by atoms with E-state index in [1.165, 1.54) is 7.11 Å². The van der Waals surface area contributed by atoms with Crippen LogP contribution in [0, 0.1) is 6.92 Å². The van der Waals surface area contributed by atoms with E-state index in [1.807, 2.05) is 42.1 Å². The summed E-state index contributed by atoms with van der Waals surface area (Å²) in [7, 11) is 1.53. The smallest absolute Gasteiger partial charge is 0.255 e. The van der Waals surface area contributed by atoms with Crippen LogP contribution in [0.4, 0.5) is 0 Å². The van der Waals surface area contributed by atoms with Crippen LogP contribution in [0.3, 0.4) is 0 Å². The molecule has 3 rings (SSSR count). The molecule has 1 aromatic carbocycles.